The maximum absolute atomic E-state index is 12.6. The average Bonchev–Trinajstić information content (AvgIpc) is 3.20. The molecule has 0 aliphatic carbocycles. The van der Waals surface area contributed by atoms with Gasteiger partial charge in [0.2, 0.25) is 5.91 Å². The van der Waals surface area contributed by atoms with E-state index in [4.69, 9.17) is 0 Å². The second kappa shape index (κ2) is 6.38. The van der Waals surface area contributed by atoms with Gasteiger partial charge in [-0.05, 0) is 26.7 Å². The lowest BCUT2D eigenvalue weighted by Crippen LogP contribution is -2.48. The number of aliphatic hydroxyl groups excluding tert-OH is 1. The van der Waals surface area contributed by atoms with Crippen molar-refractivity contribution in [3.63, 3.8) is 0 Å². The molecule has 3 rings (SSSR count). The zero-order valence-corrected chi connectivity index (χ0v) is 13.6. The van der Waals surface area contributed by atoms with E-state index in [1.807, 2.05) is 16.5 Å². The lowest BCUT2D eigenvalue weighted by Gasteiger charge is -2.34. The van der Waals surface area contributed by atoms with Crippen LogP contribution in [-0.2, 0) is 30.9 Å². The monoisotopic (exact) mass is 306 g/mol. The van der Waals surface area contributed by atoms with Gasteiger partial charge >= 0.3 is 0 Å². The normalized spacial score (nSPS) is 20.2. The highest BCUT2D eigenvalue weighted by atomic mass is 16.3. The molecule has 1 fully saturated rings. The Morgan fingerprint density at radius 1 is 1.32 bits per heavy atom. The highest BCUT2D eigenvalue weighted by Gasteiger charge is 2.32. The average molecular weight is 306 g/mol. The van der Waals surface area contributed by atoms with E-state index in [9.17, 15) is 9.90 Å². The minimum atomic E-state index is -0.0947. The highest BCUT2D eigenvalue weighted by Crippen LogP contribution is 2.25. The third kappa shape index (κ3) is 2.65. The van der Waals surface area contributed by atoms with Gasteiger partial charge in [-0.25, -0.2) is 0 Å². The first kappa shape index (κ1) is 15.5. The third-order valence-corrected chi connectivity index (χ3v) is 5.02. The molecule has 0 radical (unpaired) electrons. The van der Waals surface area contributed by atoms with Crippen molar-refractivity contribution < 1.29 is 9.90 Å². The predicted octanol–water partition coefficient (Wildman–Crippen LogP) is 0.764. The van der Waals surface area contributed by atoms with Crippen LogP contribution in [0.2, 0.25) is 0 Å². The first-order chi connectivity index (χ1) is 10.7. The molecular weight excluding hydrogens is 280 g/mol. The summed E-state index contributed by atoms with van der Waals surface area (Å²) in [6, 6.07) is -0.0947. The Kier molecular flexibility index (Phi) is 4.49. The smallest absolute Gasteiger partial charge is 0.239 e. The van der Waals surface area contributed by atoms with Crippen LogP contribution < -0.4 is 0 Å². The number of fused-ring (bicyclic) bond motifs is 1. The Bertz CT molecular complexity index is 549. The van der Waals surface area contributed by atoms with Crippen LogP contribution in [0.5, 0.6) is 0 Å². The van der Waals surface area contributed by atoms with Crippen molar-refractivity contribution in [2.24, 2.45) is 0 Å². The molecule has 22 heavy (non-hydrogen) atoms. The lowest BCUT2D eigenvalue weighted by atomic mass is 10.0. The number of carbonyl (C=O) groups excluding carboxylic acids is 1. The van der Waals surface area contributed by atoms with Gasteiger partial charge in [-0.2, -0.15) is 5.10 Å². The van der Waals surface area contributed by atoms with Gasteiger partial charge in [-0.1, -0.05) is 0 Å². The molecule has 1 aromatic rings. The standard InChI is InChI=1S/C16H26N4O2/c1-3-20-15-6-9-19(10-13(15)14(11-21)17-20)12(2)16(22)18-7-4-5-8-18/h12,21H,3-11H2,1-2H3/t12-/m0/s1. The zero-order valence-electron chi connectivity index (χ0n) is 13.6. The molecule has 0 spiro atoms. The fraction of sp³-hybridized carbons (Fsp3) is 0.750. The van der Waals surface area contributed by atoms with Crippen LogP contribution in [-0.4, -0.2) is 56.3 Å². The molecule has 0 saturated carbocycles. The van der Waals surface area contributed by atoms with Crippen LogP contribution >= 0.6 is 0 Å². The molecule has 1 atom stereocenters. The van der Waals surface area contributed by atoms with Crippen LogP contribution in [0.3, 0.4) is 0 Å². The van der Waals surface area contributed by atoms with Crippen molar-refractivity contribution in [2.45, 2.75) is 58.8 Å². The number of rotatable bonds is 4. The second-order valence-electron chi connectivity index (χ2n) is 6.27. The number of aryl methyl sites for hydroxylation is 1. The molecule has 2 aliphatic rings. The Balaban J connectivity index is 1.75. The summed E-state index contributed by atoms with van der Waals surface area (Å²) >= 11 is 0. The van der Waals surface area contributed by atoms with E-state index < -0.39 is 0 Å². The molecule has 0 aromatic carbocycles. The minimum absolute atomic E-state index is 0.0301. The minimum Gasteiger partial charge on any atom is -0.390 e. The molecule has 6 nitrogen and oxygen atoms in total. The van der Waals surface area contributed by atoms with Gasteiger partial charge in [0.25, 0.3) is 0 Å². The van der Waals surface area contributed by atoms with Crippen molar-refractivity contribution in [1.29, 1.82) is 0 Å². The summed E-state index contributed by atoms with van der Waals surface area (Å²) in [6.45, 7) is 8.27. The number of amides is 1. The number of aliphatic hydroxyl groups is 1. The summed E-state index contributed by atoms with van der Waals surface area (Å²) in [6.07, 6.45) is 3.15. The summed E-state index contributed by atoms with van der Waals surface area (Å²) in [5.74, 6) is 0.245. The van der Waals surface area contributed by atoms with Crippen molar-refractivity contribution in [1.82, 2.24) is 19.6 Å². The highest BCUT2D eigenvalue weighted by molar-refractivity contribution is 5.81. The number of carbonyl (C=O) groups is 1. The van der Waals surface area contributed by atoms with Gasteiger partial charge in [-0.3, -0.25) is 14.4 Å². The van der Waals surface area contributed by atoms with Gasteiger partial charge in [0.15, 0.2) is 0 Å². The van der Waals surface area contributed by atoms with Crippen molar-refractivity contribution in [2.75, 3.05) is 19.6 Å². The predicted molar refractivity (Wildman–Crippen MR) is 83.2 cm³/mol. The molecule has 6 heteroatoms. The van der Waals surface area contributed by atoms with E-state index in [1.165, 1.54) is 5.69 Å². The number of hydrogen-bond acceptors (Lipinski definition) is 4. The molecule has 1 N–H and O–H groups in total. The fourth-order valence-electron chi connectivity index (χ4n) is 3.66. The summed E-state index contributed by atoms with van der Waals surface area (Å²) in [5, 5.41) is 14.0. The van der Waals surface area contributed by atoms with Crippen LogP contribution in [0, 0.1) is 0 Å². The molecule has 0 unspecified atom stereocenters. The van der Waals surface area contributed by atoms with Crippen molar-refractivity contribution >= 4 is 5.91 Å². The van der Waals surface area contributed by atoms with Gasteiger partial charge in [0, 0.05) is 50.4 Å². The Morgan fingerprint density at radius 3 is 2.68 bits per heavy atom. The maximum atomic E-state index is 12.6. The lowest BCUT2D eigenvalue weighted by molar-refractivity contribution is -0.135. The van der Waals surface area contributed by atoms with E-state index in [1.54, 1.807) is 0 Å². The summed E-state index contributed by atoms with van der Waals surface area (Å²) in [7, 11) is 0. The first-order valence-electron chi connectivity index (χ1n) is 8.36. The molecule has 3 heterocycles. The van der Waals surface area contributed by atoms with E-state index in [0.29, 0.717) is 6.54 Å². The van der Waals surface area contributed by atoms with Crippen molar-refractivity contribution in [3.05, 3.63) is 17.0 Å². The van der Waals surface area contributed by atoms with E-state index in [0.717, 1.165) is 56.7 Å². The Hall–Kier alpha value is -1.40. The molecule has 122 valence electrons. The van der Waals surface area contributed by atoms with Gasteiger partial charge < -0.3 is 10.0 Å². The largest absolute Gasteiger partial charge is 0.390 e. The number of likely N-dealkylation sites (tertiary alicyclic amines) is 1. The molecule has 1 amide bonds. The summed E-state index contributed by atoms with van der Waals surface area (Å²) in [4.78, 5) is 16.8. The van der Waals surface area contributed by atoms with Crippen molar-refractivity contribution in [3.8, 4) is 0 Å². The first-order valence-corrected chi connectivity index (χ1v) is 8.36. The molecule has 2 aliphatic heterocycles. The van der Waals surface area contributed by atoms with Gasteiger partial charge in [0.1, 0.15) is 0 Å². The maximum Gasteiger partial charge on any atom is 0.239 e. The Labute approximate surface area is 131 Å². The topological polar surface area (TPSA) is 61.6 Å². The molecule has 1 saturated heterocycles. The van der Waals surface area contributed by atoms with Gasteiger partial charge in [-0.15, -0.1) is 0 Å². The number of nitrogens with zero attached hydrogens (tertiary/aromatic N) is 4. The van der Waals surface area contributed by atoms with E-state index in [2.05, 4.69) is 16.9 Å². The van der Waals surface area contributed by atoms with E-state index in [-0.39, 0.29) is 18.6 Å². The van der Waals surface area contributed by atoms with E-state index >= 15 is 0 Å². The summed E-state index contributed by atoms with van der Waals surface area (Å²) in [5.41, 5.74) is 3.11. The molecule has 0 bridgehead atoms. The fourth-order valence-corrected chi connectivity index (χ4v) is 3.66. The Morgan fingerprint density at radius 2 is 2.05 bits per heavy atom. The third-order valence-electron chi connectivity index (χ3n) is 5.02. The molecular formula is C16H26N4O2. The zero-order chi connectivity index (χ0) is 15.7. The SMILES string of the molecule is CCn1nc(CO)c2c1CCN([C@@H](C)C(=O)N1CCCC1)C2. The van der Waals surface area contributed by atoms with Gasteiger partial charge in [0.05, 0.1) is 18.3 Å². The molecule has 1 aromatic heterocycles. The van der Waals surface area contributed by atoms with Crippen LogP contribution in [0.1, 0.15) is 43.6 Å². The number of aromatic nitrogens is 2. The summed E-state index contributed by atoms with van der Waals surface area (Å²) < 4.78 is 1.99. The quantitative estimate of drug-likeness (QED) is 0.892. The van der Waals surface area contributed by atoms with Crippen LogP contribution in [0.4, 0.5) is 0 Å². The second-order valence-corrected chi connectivity index (χ2v) is 6.27. The number of hydrogen-bond donors (Lipinski definition) is 1. The van der Waals surface area contributed by atoms with Crippen LogP contribution in [0.15, 0.2) is 0 Å². The van der Waals surface area contributed by atoms with Crippen LogP contribution in [0.25, 0.3) is 0 Å².